The normalized spacial score (nSPS) is 20.5. The highest BCUT2D eigenvalue weighted by atomic mass is 35.5. The van der Waals surface area contributed by atoms with Crippen molar-refractivity contribution in [2.45, 2.75) is 25.4 Å². The smallest absolute Gasteiger partial charge is 0.255 e. The molecular formula is C27H27Cl2N3O2S. The Hall–Kier alpha value is -2.38. The highest BCUT2D eigenvalue weighted by Gasteiger charge is 2.35. The van der Waals surface area contributed by atoms with Crippen LogP contribution in [0.5, 0.6) is 0 Å². The van der Waals surface area contributed by atoms with Gasteiger partial charge in [-0.05, 0) is 54.1 Å². The number of hydrogen-bond donors (Lipinski definition) is 0. The molecule has 0 spiro atoms. The zero-order valence-electron chi connectivity index (χ0n) is 19.5. The number of carbonyl (C=O) groups excluding carboxylic acids is 2. The zero-order chi connectivity index (χ0) is 24.5. The van der Waals surface area contributed by atoms with Gasteiger partial charge in [-0.25, -0.2) is 0 Å². The van der Waals surface area contributed by atoms with Gasteiger partial charge < -0.3 is 9.80 Å². The van der Waals surface area contributed by atoms with Crippen molar-refractivity contribution in [3.63, 3.8) is 0 Å². The number of piperazine rings is 1. The van der Waals surface area contributed by atoms with E-state index in [0.717, 1.165) is 13.0 Å². The number of thiophene rings is 1. The standard InChI is InChI=1S/C27H27Cl2N3O2S/c1-18-16-30(12-13-32(18)27(34)21-8-7-20(28)15-23(21)29)25(33)17-31-11-9-24-22(10-14-35-24)26(31)19-5-3-2-4-6-19/h2-8,10,14-15,18,26H,9,11-13,16-17H2,1H3. The summed E-state index contributed by atoms with van der Waals surface area (Å²) in [6.07, 6.45) is 0.962. The van der Waals surface area contributed by atoms with Crippen LogP contribution in [0.2, 0.25) is 10.0 Å². The van der Waals surface area contributed by atoms with Gasteiger partial charge in [0.2, 0.25) is 5.91 Å². The second kappa shape index (κ2) is 10.3. The van der Waals surface area contributed by atoms with E-state index in [4.69, 9.17) is 23.2 Å². The predicted molar refractivity (Wildman–Crippen MR) is 141 cm³/mol. The van der Waals surface area contributed by atoms with Gasteiger partial charge in [-0.15, -0.1) is 11.3 Å². The molecule has 1 aromatic heterocycles. The zero-order valence-corrected chi connectivity index (χ0v) is 21.8. The molecule has 0 aliphatic carbocycles. The van der Waals surface area contributed by atoms with Crippen LogP contribution in [-0.2, 0) is 11.2 Å². The summed E-state index contributed by atoms with van der Waals surface area (Å²) in [6, 6.07) is 17.5. The average Bonchev–Trinajstić information content (AvgIpc) is 3.33. The topological polar surface area (TPSA) is 43.9 Å². The summed E-state index contributed by atoms with van der Waals surface area (Å²) in [7, 11) is 0. The molecule has 1 fully saturated rings. The Kier molecular flexibility index (Phi) is 7.17. The van der Waals surface area contributed by atoms with Crippen LogP contribution in [0.4, 0.5) is 0 Å². The molecular weight excluding hydrogens is 501 g/mol. The molecule has 1 saturated heterocycles. The third kappa shape index (κ3) is 4.98. The van der Waals surface area contributed by atoms with Crippen molar-refractivity contribution in [3.05, 3.63) is 91.6 Å². The number of nitrogens with zero attached hydrogens (tertiary/aromatic N) is 3. The van der Waals surface area contributed by atoms with Crippen LogP contribution in [-0.4, -0.2) is 65.3 Å². The van der Waals surface area contributed by atoms with E-state index in [1.807, 2.05) is 17.9 Å². The summed E-state index contributed by atoms with van der Waals surface area (Å²) in [6.45, 7) is 4.67. The maximum Gasteiger partial charge on any atom is 0.255 e. The van der Waals surface area contributed by atoms with E-state index >= 15 is 0 Å². The van der Waals surface area contributed by atoms with E-state index < -0.39 is 0 Å². The van der Waals surface area contributed by atoms with Gasteiger partial charge in [0.1, 0.15) is 0 Å². The molecule has 182 valence electrons. The lowest BCUT2D eigenvalue weighted by Crippen LogP contribution is -2.57. The lowest BCUT2D eigenvalue weighted by molar-refractivity contribution is -0.135. The van der Waals surface area contributed by atoms with Crippen LogP contribution in [0.3, 0.4) is 0 Å². The minimum absolute atomic E-state index is 0.0856. The van der Waals surface area contributed by atoms with Crippen LogP contribution < -0.4 is 0 Å². The van der Waals surface area contributed by atoms with Gasteiger partial charge in [-0.2, -0.15) is 0 Å². The minimum Gasteiger partial charge on any atom is -0.338 e. The number of fused-ring (bicyclic) bond motifs is 1. The summed E-state index contributed by atoms with van der Waals surface area (Å²) in [5.74, 6) is -0.0236. The molecule has 2 unspecified atom stereocenters. The largest absolute Gasteiger partial charge is 0.338 e. The van der Waals surface area contributed by atoms with Crippen molar-refractivity contribution in [1.82, 2.24) is 14.7 Å². The van der Waals surface area contributed by atoms with Crippen molar-refractivity contribution >= 4 is 46.4 Å². The molecule has 8 heteroatoms. The van der Waals surface area contributed by atoms with Gasteiger partial charge >= 0.3 is 0 Å². The highest BCUT2D eigenvalue weighted by molar-refractivity contribution is 7.10. The fraction of sp³-hybridized carbons (Fsp3) is 0.333. The molecule has 0 radical (unpaired) electrons. The quantitative estimate of drug-likeness (QED) is 0.457. The van der Waals surface area contributed by atoms with E-state index in [9.17, 15) is 9.59 Å². The van der Waals surface area contributed by atoms with Crippen LogP contribution in [0.15, 0.2) is 60.0 Å². The lowest BCUT2D eigenvalue weighted by atomic mass is 9.93. The van der Waals surface area contributed by atoms with Crippen LogP contribution >= 0.6 is 34.5 Å². The number of halogens is 2. The van der Waals surface area contributed by atoms with Crippen molar-refractivity contribution in [2.24, 2.45) is 0 Å². The third-order valence-electron chi connectivity index (χ3n) is 6.92. The highest BCUT2D eigenvalue weighted by Crippen LogP contribution is 2.37. The second-order valence-corrected chi connectivity index (χ2v) is 11.0. The number of carbonyl (C=O) groups is 2. The number of amides is 2. The van der Waals surface area contributed by atoms with Gasteiger partial charge in [0, 0.05) is 42.1 Å². The predicted octanol–water partition coefficient (Wildman–Crippen LogP) is 5.38. The third-order valence-corrected chi connectivity index (χ3v) is 8.47. The minimum atomic E-state index is -0.128. The SMILES string of the molecule is CC1CN(C(=O)CN2CCc3sccc3C2c2ccccc2)CCN1C(=O)c1ccc(Cl)cc1Cl. The average molecular weight is 529 g/mol. The van der Waals surface area contributed by atoms with Crippen molar-refractivity contribution in [3.8, 4) is 0 Å². The molecule has 2 aromatic carbocycles. The van der Waals surface area contributed by atoms with Crippen LogP contribution in [0.25, 0.3) is 0 Å². The maximum atomic E-state index is 13.4. The summed E-state index contributed by atoms with van der Waals surface area (Å²) < 4.78 is 0. The van der Waals surface area contributed by atoms with E-state index in [0.29, 0.717) is 41.8 Å². The van der Waals surface area contributed by atoms with Gasteiger partial charge in [0.25, 0.3) is 5.91 Å². The van der Waals surface area contributed by atoms with Crippen molar-refractivity contribution in [1.29, 1.82) is 0 Å². The van der Waals surface area contributed by atoms with Crippen molar-refractivity contribution in [2.75, 3.05) is 32.7 Å². The fourth-order valence-corrected chi connectivity index (χ4v) is 6.53. The van der Waals surface area contributed by atoms with E-state index in [1.165, 1.54) is 16.0 Å². The number of hydrogen-bond acceptors (Lipinski definition) is 4. The molecule has 3 heterocycles. The molecule has 5 rings (SSSR count). The Labute approximate surface area is 219 Å². The van der Waals surface area contributed by atoms with Gasteiger partial charge in [-0.1, -0.05) is 53.5 Å². The lowest BCUT2D eigenvalue weighted by Gasteiger charge is -2.42. The fourth-order valence-electron chi connectivity index (χ4n) is 5.14. The first-order chi connectivity index (χ1) is 16.9. The molecule has 2 amide bonds. The monoisotopic (exact) mass is 527 g/mol. The molecule has 3 aromatic rings. The molecule has 2 atom stereocenters. The first kappa shape index (κ1) is 24.3. The molecule has 5 nitrogen and oxygen atoms in total. The van der Waals surface area contributed by atoms with Gasteiger partial charge in [-0.3, -0.25) is 14.5 Å². The Morgan fingerprint density at radius 1 is 1.03 bits per heavy atom. The van der Waals surface area contributed by atoms with E-state index in [-0.39, 0.29) is 23.9 Å². The van der Waals surface area contributed by atoms with Crippen LogP contribution in [0.1, 0.15) is 39.3 Å². The van der Waals surface area contributed by atoms with Crippen LogP contribution in [0, 0.1) is 0 Å². The van der Waals surface area contributed by atoms with E-state index in [2.05, 4.69) is 40.6 Å². The summed E-state index contributed by atoms with van der Waals surface area (Å²) >= 11 is 14.1. The van der Waals surface area contributed by atoms with Gasteiger partial charge in [0.05, 0.1) is 23.2 Å². The molecule has 35 heavy (non-hydrogen) atoms. The van der Waals surface area contributed by atoms with Gasteiger partial charge in [0.15, 0.2) is 0 Å². The Bertz CT molecular complexity index is 1230. The molecule has 2 aliphatic heterocycles. The first-order valence-corrected chi connectivity index (χ1v) is 13.4. The Balaban J connectivity index is 1.27. The maximum absolute atomic E-state index is 13.4. The first-order valence-electron chi connectivity index (χ1n) is 11.8. The number of rotatable bonds is 4. The summed E-state index contributed by atoms with van der Waals surface area (Å²) in [5, 5.41) is 2.99. The summed E-state index contributed by atoms with van der Waals surface area (Å²) in [4.78, 5) is 33.9. The Morgan fingerprint density at radius 3 is 2.57 bits per heavy atom. The molecule has 0 bridgehead atoms. The molecule has 0 saturated carbocycles. The number of benzene rings is 2. The summed E-state index contributed by atoms with van der Waals surface area (Å²) in [5.41, 5.74) is 2.96. The van der Waals surface area contributed by atoms with E-state index in [1.54, 1.807) is 34.4 Å². The van der Waals surface area contributed by atoms with Crippen molar-refractivity contribution < 1.29 is 9.59 Å². The molecule has 2 aliphatic rings. The molecule has 0 N–H and O–H groups in total. The second-order valence-electron chi connectivity index (χ2n) is 9.14. The Morgan fingerprint density at radius 2 is 1.83 bits per heavy atom.